The fourth-order valence-corrected chi connectivity index (χ4v) is 2.03. The van der Waals surface area contributed by atoms with Crippen molar-refractivity contribution in [3.8, 4) is 0 Å². The highest BCUT2D eigenvalue weighted by Crippen LogP contribution is 2.01. The second-order valence-electron chi connectivity index (χ2n) is 5.56. The summed E-state index contributed by atoms with van der Waals surface area (Å²) in [5.41, 5.74) is 0. The summed E-state index contributed by atoms with van der Waals surface area (Å²) in [4.78, 5) is 10.9. The molecule has 0 atom stereocenters. The van der Waals surface area contributed by atoms with Gasteiger partial charge in [0.25, 0.3) is 0 Å². The SMILES string of the molecule is CCCCC/C=C\C/C=C\C/C=C/C/C=C\CCCC(=O)OC. The van der Waals surface area contributed by atoms with Crippen LogP contribution in [0, 0.1) is 0 Å². The third-order valence-corrected chi connectivity index (χ3v) is 3.44. The number of ether oxygens (including phenoxy) is 1. The number of hydrogen-bond acceptors (Lipinski definition) is 2. The zero-order valence-electron chi connectivity index (χ0n) is 15.0. The van der Waals surface area contributed by atoms with Crippen LogP contribution in [-0.2, 0) is 9.53 Å². The Bertz CT molecular complexity index is 375. The van der Waals surface area contributed by atoms with Gasteiger partial charge in [0, 0.05) is 6.42 Å². The molecule has 0 N–H and O–H groups in total. The molecule has 0 unspecified atom stereocenters. The molecule has 0 radical (unpaired) electrons. The van der Waals surface area contributed by atoms with Crippen LogP contribution in [0.1, 0.15) is 71.1 Å². The Labute approximate surface area is 143 Å². The van der Waals surface area contributed by atoms with Gasteiger partial charge in [-0.15, -0.1) is 0 Å². The molecule has 23 heavy (non-hydrogen) atoms. The van der Waals surface area contributed by atoms with E-state index in [1.54, 1.807) is 0 Å². The van der Waals surface area contributed by atoms with Gasteiger partial charge in [0.2, 0.25) is 0 Å². The normalized spacial score (nSPS) is 12.3. The lowest BCUT2D eigenvalue weighted by Crippen LogP contribution is -1.98. The Kier molecular flexibility index (Phi) is 17.2. The molecule has 0 aliphatic rings. The van der Waals surface area contributed by atoms with Crippen LogP contribution in [0.4, 0.5) is 0 Å². The van der Waals surface area contributed by atoms with Crippen molar-refractivity contribution in [1.29, 1.82) is 0 Å². The second-order valence-corrected chi connectivity index (χ2v) is 5.56. The van der Waals surface area contributed by atoms with Gasteiger partial charge >= 0.3 is 5.97 Å². The fraction of sp³-hybridized carbons (Fsp3) is 0.571. The molecule has 130 valence electrons. The number of allylic oxidation sites excluding steroid dienone is 8. The number of esters is 1. The molecule has 2 heteroatoms. The van der Waals surface area contributed by atoms with Crippen molar-refractivity contribution in [3.63, 3.8) is 0 Å². The molecule has 0 amide bonds. The summed E-state index contributed by atoms with van der Waals surface area (Å²) in [7, 11) is 1.43. The van der Waals surface area contributed by atoms with Crippen LogP contribution in [-0.4, -0.2) is 13.1 Å². The van der Waals surface area contributed by atoms with Crippen molar-refractivity contribution in [3.05, 3.63) is 48.6 Å². The Morgan fingerprint density at radius 2 is 1.22 bits per heavy atom. The minimum atomic E-state index is -0.124. The van der Waals surface area contributed by atoms with Gasteiger partial charge in [0.05, 0.1) is 7.11 Å². The van der Waals surface area contributed by atoms with Crippen LogP contribution < -0.4 is 0 Å². The predicted molar refractivity (Wildman–Crippen MR) is 100 cm³/mol. The molecule has 0 aliphatic heterocycles. The highest BCUT2D eigenvalue weighted by atomic mass is 16.5. The first-order valence-electron chi connectivity index (χ1n) is 8.98. The van der Waals surface area contributed by atoms with Crippen molar-refractivity contribution >= 4 is 5.97 Å². The van der Waals surface area contributed by atoms with Gasteiger partial charge in [-0.3, -0.25) is 4.79 Å². The Morgan fingerprint density at radius 1 is 0.739 bits per heavy atom. The lowest BCUT2D eigenvalue weighted by Gasteiger charge is -1.95. The molecule has 0 spiro atoms. The molecule has 0 rings (SSSR count). The van der Waals surface area contributed by atoms with Crippen molar-refractivity contribution in [2.45, 2.75) is 71.1 Å². The minimum Gasteiger partial charge on any atom is -0.469 e. The highest BCUT2D eigenvalue weighted by molar-refractivity contribution is 5.69. The van der Waals surface area contributed by atoms with E-state index in [9.17, 15) is 4.79 Å². The number of unbranched alkanes of at least 4 members (excludes halogenated alkanes) is 4. The lowest BCUT2D eigenvalue weighted by molar-refractivity contribution is -0.140. The lowest BCUT2D eigenvalue weighted by atomic mass is 10.2. The van der Waals surface area contributed by atoms with Crippen molar-refractivity contribution in [2.24, 2.45) is 0 Å². The average Bonchev–Trinajstić information content (AvgIpc) is 2.57. The first-order valence-corrected chi connectivity index (χ1v) is 8.98. The smallest absolute Gasteiger partial charge is 0.305 e. The van der Waals surface area contributed by atoms with Gasteiger partial charge in [-0.2, -0.15) is 0 Å². The van der Waals surface area contributed by atoms with Crippen molar-refractivity contribution in [1.82, 2.24) is 0 Å². The number of rotatable bonds is 14. The van der Waals surface area contributed by atoms with Gasteiger partial charge in [-0.25, -0.2) is 0 Å². The van der Waals surface area contributed by atoms with Crippen molar-refractivity contribution < 1.29 is 9.53 Å². The van der Waals surface area contributed by atoms with Gasteiger partial charge in [-0.1, -0.05) is 68.4 Å². The van der Waals surface area contributed by atoms with E-state index in [4.69, 9.17) is 0 Å². The van der Waals surface area contributed by atoms with E-state index in [0.29, 0.717) is 6.42 Å². The molecule has 0 fully saturated rings. The van der Waals surface area contributed by atoms with E-state index < -0.39 is 0 Å². The van der Waals surface area contributed by atoms with Crippen LogP contribution in [0.25, 0.3) is 0 Å². The minimum absolute atomic E-state index is 0.124. The molecule has 0 saturated carbocycles. The molecule has 0 aromatic carbocycles. The van der Waals surface area contributed by atoms with Gasteiger partial charge in [-0.05, 0) is 44.9 Å². The van der Waals surface area contributed by atoms with Crippen LogP contribution >= 0.6 is 0 Å². The summed E-state index contributed by atoms with van der Waals surface area (Å²) in [6.07, 6.45) is 28.1. The first kappa shape index (κ1) is 21.4. The summed E-state index contributed by atoms with van der Waals surface area (Å²) in [5, 5.41) is 0. The van der Waals surface area contributed by atoms with Crippen LogP contribution in [0.15, 0.2) is 48.6 Å². The first-order chi connectivity index (χ1) is 11.3. The zero-order valence-corrected chi connectivity index (χ0v) is 15.0. The summed E-state index contributed by atoms with van der Waals surface area (Å²) in [5.74, 6) is -0.124. The van der Waals surface area contributed by atoms with Crippen LogP contribution in [0.2, 0.25) is 0 Å². The second kappa shape index (κ2) is 18.5. The zero-order chi connectivity index (χ0) is 17.0. The largest absolute Gasteiger partial charge is 0.469 e. The van der Waals surface area contributed by atoms with Crippen molar-refractivity contribution in [2.75, 3.05) is 7.11 Å². The number of hydrogen-bond donors (Lipinski definition) is 0. The average molecular weight is 319 g/mol. The molecule has 0 bridgehead atoms. The van der Waals surface area contributed by atoms with E-state index in [1.165, 1.54) is 32.8 Å². The Balaban J connectivity index is 3.42. The molecule has 0 aromatic rings. The van der Waals surface area contributed by atoms with E-state index in [1.807, 2.05) is 0 Å². The molecule has 0 heterocycles. The van der Waals surface area contributed by atoms with Gasteiger partial charge in [0.15, 0.2) is 0 Å². The summed E-state index contributed by atoms with van der Waals surface area (Å²) in [6, 6.07) is 0. The molecule has 0 aliphatic carbocycles. The standard InChI is InChI=1S/C21H34O2/c1-3-4-5-6-7-8-9-10-11-12-13-14-15-16-17-18-19-20-21(22)23-2/h7-8,10-11,13-14,16-17H,3-6,9,12,15,18-20H2,1-2H3/b8-7-,11-10-,14-13+,17-16-. The maximum atomic E-state index is 10.9. The fourth-order valence-electron chi connectivity index (χ4n) is 2.03. The maximum absolute atomic E-state index is 10.9. The predicted octanol–water partition coefficient (Wildman–Crippen LogP) is 6.31. The number of methoxy groups -OCH3 is 1. The third kappa shape index (κ3) is 18.4. The quantitative estimate of drug-likeness (QED) is 0.213. The highest BCUT2D eigenvalue weighted by Gasteiger charge is 1.96. The molecular formula is C21H34O2. The van der Waals surface area contributed by atoms with E-state index >= 15 is 0 Å². The van der Waals surface area contributed by atoms with Crippen LogP contribution in [0.3, 0.4) is 0 Å². The maximum Gasteiger partial charge on any atom is 0.305 e. The van der Waals surface area contributed by atoms with Gasteiger partial charge < -0.3 is 4.74 Å². The Hall–Kier alpha value is -1.57. The molecule has 0 saturated heterocycles. The topological polar surface area (TPSA) is 26.3 Å². The molecule has 0 aromatic heterocycles. The summed E-state index contributed by atoms with van der Waals surface area (Å²) >= 11 is 0. The molecular weight excluding hydrogens is 284 g/mol. The van der Waals surface area contributed by atoms with Crippen LogP contribution in [0.5, 0.6) is 0 Å². The van der Waals surface area contributed by atoms with E-state index in [2.05, 4.69) is 60.3 Å². The number of carbonyl (C=O) groups excluding carboxylic acids is 1. The summed E-state index contributed by atoms with van der Waals surface area (Å²) in [6.45, 7) is 2.24. The van der Waals surface area contributed by atoms with E-state index in [0.717, 1.165) is 32.1 Å². The summed E-state index contributed by atoms with van der Waals surface area (Å²) < 4.78 is 4.59. The Morgan fingerprint density at radius 3 is 1.70 bits per heavy atom. The molecule has 2 nitrogen and oxygen atoms in total. The third-order valence-electron chi connectivity index (χ3n) is 3.44. The van der Waals surface area contributed by atoms with E-state index in [-0.39, 0.29) is 5.97 Å². The monoisotopic (exact) mass is 318 g/mol. The number of carbonyl (C=O) groups is 1. The van der Waals surface area contributed by atoms with Gasteiger partial charge in [0.1, 0.15) is 0 Å².